The molecular weight excluding hydrogens is 212 g/mol. The highest BCUT2D eigenvalue weighted by Gasteiger charge is 2.24. The Labute approximate surface area is 91.9 Å². The molecule has 0 saturated heterocycles. The van der Waals surface area contributed by atoms with Gasteiger partial charge in [-0.05, 0) is 12.1 Å². The van der Waals surface area contributed by atoms with Gasteiger partial charge in [-0.15, -0.1) is 0 Å². The van der Waals surface area contributed by atoms with Crippen molar-refractivity contribution in [2.45, 2.75) is 6.04 Å². The van der Waals surface area contributed by atoms with Gasteiger partial charge in [0.15, 0.2) is 0 Å². The highest BCUT2D eigenvalue weighted by atomic mass is 16.7. The van der Waals surface area contributed by atoms with Crippen LogP contribution in [0.15, 0.2) is 18.2 Å². The second-order valence-corrected chi connectivity index (χ2v) is 3.46. The lowest BCUT2D eigenvalue weighted by Crippen LogP contribution is -2.28. The number of phenolic OH excluding ortho intramolecular Hbond substituents is 1. The average molecular weight is 224 g/mol. The van der Waals surface area contributed by atoms with Gasteiger partial charge < -0.3 is 15.6 Å². The molecule has 4 N–H and O–H groups in total. The molecule has 0 radical (unpaired) electrons. The third-order valence-corrected chi connectivity index (χ3v) is 2.22. The van der Waals surface area contributed by atoms with Gasteiger partial charge in [-0.1, -0.05) is 0 Å². The number of fused-ring (bicyclic) bond motifs is 1. The lowest BCUT2D eigenvalue weighted by molar-refractivity contribution is -0.126. The van der Waals surface area contributed by atoms with Gasteiger partial charge in [0.1, 0.15) is 24.7 Å². The minimum Gasteiger partial charge on any atom is -0.508 e. The Kier molecular flexibility index (Phi) is 2.93. The summed E-state index contributed by atoms with van der Waals surface area (Å²) in [4.78, 5) is 15.4. The summed E-state index contributed by atoms with van der Waals surface area (Å²) in [6.07, 6.45) is 0. The number of aromatic hydroxyl groups is 1. The molecule has 1 aromatic rings. The Morgan fingerprint density at radius 2 is 2.50 bits per heavy atom. The molecule has 0 aromatic heterocycles. The molecule has 1 aromatic carbocycles. The van der Waals surface area contributed by atoms with E-state index in [-0.39, 0.29) is 18.4 Å². The zero-order valence-electron chi connectivity index (χ0n) is 8.47. The second kappa shape index (κ2) is 4.38. The van der Waals surface area contributed by atoms with E-state index in [0.29, 0.717) is 12.4 Å². The van der Waals surface area contributed by atoms with Crippen molar-refractivity contribution in [3.05, 3.63) is 23.8 Å². The van der Waals surface area contributed by atoms with Crippen LogP contribution in [0.5, 0.6) is 11.5 Å². The van der Waals surface area contributed by atoms with E-state index in [1.165, 1.54) is 6.07 Å². The first-order chi connectivity index (χ1) is 7.66. The normalized spacial score (nSPS) is 17.9. The van der Waals surface area contributed by atoms with Gasteiger partial charge >= 0.3 is 0 Å². The number of carbonyl (C=O) groups is 1. The number of amides is 1. The van der Waals surface area contributed by atoms with Crippen LogP contribution in [0.2, 0.25) is 0 Å². The predicted molar refractivity (Wildman–Crippen MR) is 54.6 cm³/mol. The number of hydrogen-bond acceptors (Lipinski definition) is 5. The standard InChI is InChI=1S/C10H12N2O4/c11-10(14)5-16-12-8-4-15-9-3-6(13)1-2-7(8)9/h1-3,8,12-13H,4-5H2,(H2,11,14). The molecule has 16 heavy (non-hydrogen) atoms. The van der Waals surface area contributed by atoms with Crippen LogP contribution in [0.1, 0.15) is 11.6 Å². The van der Waals surface area contributed by atoms with E-state index < -0.39 is 5.91 Å². The zero-order valence-corrected chi connectivity index (χ0v) is 8.47. The van der Waals surface area contributed by atoms with Gasteiger partial charge in [-0.25, -0.2) is 0 Å². The Morgan fingerprint density at radius 3 is 3.25 bits per heavy atom. The smallest absolute Gasteiger partial charge is 0.245 e. The summed E-state index contributed by atoms with van der Waals surface area (Å²) < 4.78 is 5.33. The molecule has 0 aliphatic carbocycles. The maximum Gasteiger partial charge on any atom is 0.245 e. The SMILES string of the molecule is NC(=O)CONC1COc2cc(O)ccc21. The van der Waals surface area contributed by atoms with Crippen molar-refractivity contribution < 1.29 is 19.5 Å². The Morgan fingerprint density at radius 1 is 1.69 bits per heavy atom. The van der Waals surface area contributed by atoms with Crippen molar-refractivity contribution in [2.24, 2.45) is 5.73 Å². The summed E-state index contributed by atoms with van der Waals surface area (Å²) in [5.41, 5.74) is 8.48. The molecule has 1 heterocycles. The molecule has 0 spiro atoms. The first-order valence-electron chi connectivity index (χ1n) is 4.78. The maximum absolute atomic E-state index is 10.5. The third kappa shape index (κ3) is 2.23. The molecule has 1 aliphatic rings. The molecule has 0 saturated carbocycles. The van der Waals surface area contributed by atoms with Crippen LogP contribution in [-0.2, 0) is 9.63 Å². The minimum absolute atomic E-state index is 0.150. The highest BCUT2D eigenvalue weighted by Crippen LogP contribution is 2.34. The van der Waals surface area contributed by atoms with E-state index in [9.17, 15) is 9.90 Å². The molecule has 0 fully saturated rings. The van der Waals surface area contributed by atoms with E-state index in [2.05, 4.69) is 5.48 Å². The van der Waals surface area contributed by atoms with Gasteiger partial charge in [-0.3, -0.25) is 9.63 Å². The van der Waals surface area contributed by atoms with Gasteiger partial charge in [0.2, 0.25) is 5.91 Å². The largest absolute Gasteiger partial charge is 0.508 e. The van der Waals surface area contributed by atoms with Crippen LogP contribution >= 0.6 is 0 Å². The number of nitrogens with two attached hydrogens (primary N) is 1. The van der Waals surface area contributed by atoms with Crippen molar-refractivity contribution in [2.75, 3.05) is 13.2 Å². The van der Waals surface area contributed by atoms with Gasteiger partial charge in [-0.2, -0.15) is 5.48 Å². The topological polar surface area (TPSA) is 93.8 Å². The fourth-order valence-corrected chi connectivity index (χ4v) is 1.51. The summed E-state index contributed by atoms with van der Waals surface area (Å²) in [6, 6.07) is 4.68. The summed E-state index contributed by atoms with van der Waals surface area (Å²) >= 11 is 0. The molecule has 2 rings (SSSR count). The second-order valence-electron chi connectivity index (χ2n) is 3.46. The predicted octanol–water partition coefficient (Wildman–Crippen LogP) is -0.168. The highest BCUT2D eigenvalue weighted by molar-refractivity contribution is 5.74. The van der Waals surface area contributed by atoms with Crippen LogP contribution in [0, 0.1) is 0 Å². The first kappa shape index (κ1) is 10.7. The summed E-state index contributed by atoms with van der Waals surface area (Å²) in [5.74, 6) is 0.218. The number of nitrogens with one attached hydrogen (secondary N) is 1. The van der Waals surface area contributed by atoms with Crippen LogP contribution in [-0.4, -0.2) is 24.2 Å². The fraction of sp³-hybridized carbons (Fsp3) is 0.300. The van der Waals surface area contributed by atoms with Crippen molar-refractivity contribution in [1.82, 2.24) is 5.48 Å². The molecule has 86 valence electrons. The van der Waals surface area contributed by atoms with E-state index in [4.69, 9.17) is 15.3 Å². The van der Waals surface area contributed by atoms with E-state index in [0.717, 1.165) is 5.56 Å². The Balaban J connectivity index is 1.98. The molecule has 1 aliphatic heterocycles. The maximum atomic E-state index is 10.5. The van der Waals surface area contributed by atoms with Crippen molar-refractivity contribution in [3.8, 4) is 11.5 Å². The monoisotopic (exact) mass is 224 g/mol. The average Bonchev–Trinajstić information content (AvgIpc) is 2.60. The number of primary amides is 1. The summed E-state index contributed by atoms with van der Waals surface area (Å²) in [5, 5.41) is 9.24. The summed E-state index contributed by atoms with van der Waals surface area (Å²) in [6.45, 7) is 0.196. The zero-order chi connectivity index (χ0) is 11.5. The quantitative estimate of drug-likeness (QED) is 0.617. The summed E-state index contributed by atoms with van der Waals surface area (Å²) in [7, 11) is 0. The number of benzene rings is 1. The Bertz CT molecular complexity index is 408. The van der Waals surface area contributed by atoms with E-state index in [1.807, 2.05) is 0 Å². The lowest BCUT2D eigenvalue weighted by atomic mass is 10.1. The van der Waals surface area contributed by atoms with Crippen LogP contribution in [0.4, 0.5) is 0 Å². The Hall–Kier alpha value is -1.79. The molecule has 1 amide bonds. The van der Waals surface area contributed by atoms with Gasteiger partial charge in [0, 0.05) is 11.6 Å². The number of carbonyl (C=O) groups excluding carboxylic acids is 1. The van der Waals surface area contributed by atoms with Crippen LogP contribution in [0.3, 0.4) is 0 Å². The lowest BCUT2D eigenvalue weighted by Gasteiger charge is -2.10. The number of rotatable bonds is 4. The van der Waals surface area contributed by atoms with Gasteiger partial charge in [0.05, 0.1) is 6.04 Å². The van der Waals surface area contributed by atoms with Crippen molar-refractivity contribution in [3.63, 3.8) is 0 Å². The molecule has 1 unspecified atom stereocenters. The van der Waals surface area contributed by atoms with E-state index in [1.54, 1.807) is 12.1 Å². The fourth-order valence-electron chi connectivity index (χ4n) is 1.51. The van der Waals surface area contributed by atoms with Crippen molar-refractivity contribution >= 4 is 5.91 Å². The molecule has 0 bridgehead atoms. The molecular formula is C10H12N2O4. The number of hydroxylamine groups is 1. The minimum atomic E-state index is -0.544. The van der Waals surface area contributed by atoms with Gasteiger partial charge in [0.25, 0.3) is 0 Å². The molecule has 1 atom stereocenters. The van der Waals surface area contributed by atoms with Crippen LogP contribution < -0.4 is 16.0 Å². The van der Waals surface area contributed by atoms with Crippen LogP contribution in [0.25, 0.3) is 0 Å². The van der Waals surface area contributed by atoms with E-state index >= 15 is 0 Å². The number of hydrogen-bond donors (Lipinski definition) is 3. The third-order valence-electron chi connectivity index (χ3n) is 2.22. The molecule has 6 heteroatoms. The first-order valence-corrected chi connectivity index (χ1v) is 4.78. The van der Waals surface area contributed by atoms with Crippen molar-refractivity contribution in [1.29, 1.82) is 0 Å². The number of ether oxygens (including phenoxy) is 1. The number of phenols is 1. The molecule has 6 nitrogen and oxygen atoms in total.